The van der Waals surface area contributed by atoms with Crippen molar-refractivity contribution in [2.45, 2.75) is 18.4 Å². The maximum absolute atomic E-state index is 12.2. The molecular formula is C12H17ClN2O2S. The summed E-state index contributed by atoms with van der Waals surface area (Å²) in [6, 6.07) is 4.53. The highest BCUT2D eigenvalue weighted by Gasteiger charge is 2.21. The fraction of sp³-hybridized carbons (Fsp3) is 0.333. The molecule has 0 saturated heterocycles. The summed E-state index contributed by atoms with van der Waals surface area (Å²) in [5.74, 6) is 0. The Morgan fingerprint density at radius 1 is 1.50 bits per heavy atom. The van der Waals surface area contributed by atoms with Gasteiger partial charge in [0.1, 0.15) is 0 Å². The maximum atomic E-state index is 12.2. The molecule has 1 aromatic rings. The largest absolute Gasteiger partial charge is 0.326 e. The summed E-state index contributed by atoms with van der Waals surface area (Å²) < 4.78 is 25.7. The molecule has 0 saturated carbocycles. The summed E-state index contributed by atoms with van der Waals surface area (Å²) in [6.45, 7) is 5.96. The number of halogens is 1. The van der Waals surface area contributed by atoms with E-state index in [1.54, 1.807) is 13.0 Å². The van der Waals surface area contributed by atoms with Crippen molar-refractivity contribution in [1.29, 1.82) is 0 Å². The third kappa shape index (κ3) is 3.32. The molecule has 1 rings (SSSR count). The van der Waals surface area contributed by atoms with E-state index in [9.17, 15) is 8.42 Å². The van der Waals surface area contributed by atoms with E-state index in [-0.39, 0.29) is 18.0 Å². The van der Waals surface area contributed by atoms with Crippen LogP contribution in [0.5, 0.6) is 0 Å². The third-order valence-electron chi connectivity index (χ3n) is 2.44. The zero-order valence-corrected chi connectivity index (χ0v) is 12.1. The standard InChI is InChI=1S/C12H17ClN2O2S/c1-9(2)8-15(3)18(16,17)11-4-5-12(13)10(6-11)7-14/h4-6H,1,7-8,14H2,2-3H3. The number of benzene rings is 1. The maximum Gasteiger partial charge on any atom is 0.243 e. The minimum atomic E-state index is -3.53. The molecule has 4 nitrogen and oxygen atoms in total. The second-order valence-electron chi connectivity index (χ2n) is 4.18. The summed E-state index contributed by atoms with van der Waals surface area (Å²) in [5, 5.41) is 0.471. The predicted molar refractivity (Wildman–Crippen MR) is 74.0 cm³/mol. The topological polar surface area (TPSA) is 63.4 Å². The van der Waals surface area contributed by atoms with Gasteiger partial charge in [-0.2, -0.15) is 4.31 Å². The Hall–Kier alpha value is -0.880. The normalized spacial score (nSPS) is 11.8. The number of hydrogen-bond donors (Lipinski definition) is 1. The van der Waals surface area contributed by atoms with Crippen molar-refractivity contribution >= 4 is 21.6 Å². The molecule has 0 spiro atoms. The Balaban J connectivity index is 3.16. The molecule has 0 unspecified atom stereocenters. The molecular weight excluding hydrogens is 272 g/mol. The zero-order valence-electron chi connectivity index (χ0n) is 10.5. The lowest BCUT2D eigenvalue weighted by atomic mass is 10.2. The van der Waals surface area contributed by atoms with E-state index < -0.39 is 10.0 Å². The Kier molecular flexibility index (Phi) is 4.92. The average molecular weight is 289 g/mol. The summed E-state index contributed by atoms with van der Waals surface area (Å²) >= 11 is 5.91. The van der Waals surface area contributed by atoms with Gasteiger partial charge < -0.3 is 5.73 Å². The zero-order chi connectivity index (χ0) is 13.9. The van der Waals surface area contributed by atoms with Crippen molar-refractivity contribution in [2.24, 2.45) is 5.73 Å². The van der Waals surface area contributed by atoms with E-state index in [1.165, 1.54) is 23.5 Å². The van der Waals surface area contributed by atoms with Crippen LogP contribution < -0.4 is 5.73 Å². The lowest BCUT2D eigenvalue weighted by Gasteiger charge is -2.17. The van der Waals surface area contributed by atoms with Gasteiger partial charge in [-0.05, 0) is 30.7 Å². The molecule has 2 N–H and O–H groups in total. The first-order valence-corrected chi connectivity index (χ1v) is 7.20. The quantitative estimate of drug-likeness (QED) is 0.843. The van der Waals surface area contributed by atoms with Crippen molar-refractivity contribution in [1.82, 2.24) is 4.31 Å². The minimum absolute atomic E-state index is 0.191. The molecule has 100 valence electrons. The summed E-state index contributed by atoms with van der Waals surface area (Å²) in [6.07, 6.45) is 0. The van der Waals surface area contributed by atoms with Crippen LogP contribution >= 0.6 is 11.6 Å². The molecule has 0 aromatic heterocycles. The molecule has 0 fully saturated rings. The number of nitrogens with zero attached hydrogens (tertiary/aromatic N) is 1. The first-order valence-electron chi connectivity index (χ1n) is 5.38. The fourth-order valence-corrected chi connectivity index (χ4v) is 2.99. The van der Waals surface area contributed by atoms with Crippen molar-refractivity contribution in [3.8, 4) is 0 Å². The van der Waals surface area contributed by atoms with E-state index in [1.807, 2.05) is 0 Å². The van der Waals surface area contributed by atoms with Crippen molar-refractivity contribution in [3.05, 3.63) is 40.9 Å². The van der Waals surface area contributed by atoms with Crippen LogP contribution in [-0.2, 0) is 16.6 Å². The Morgan fingerprint density at radius 2 is 2.11 bits per heavy atom. The van der Waals surface area contributed by atoms with E-state index in [4.69, 9.17) is 17.3 Å². The van der Waals surface area contributed by atoms with Crippen LogP contribution in [0, 0.1) is 0 Å². The van der Waals surface area contributed by atoms with Gasteiger partial charge in [0.15, 0.2) is 0 Å². The van der Waals surface area contributed by atoms with E-state index in [0.717, 1.165) is 5.57 Å². The summed E-state index contributed by atoms with van der Waals surface area (Å²) in [5.41, 5.74) is 6.90. The van der Waals surface area contributed by atoms with Crippen molar-refractivity contribution in [3.63, 3.8) is 0 Å². The van der Waals surface area contributed by atoms with Crippen LogP contribution in [0.25, 0.3) is 0 Å². The number of likely N-dealkylation sites (N-methyl/N-ethyl adjacent to an activating group) is 1. The van der Waals surface area contributed by atoms with Gasteiger partial charge in [0.2, 0.25) is 10.0 Å². The SMILES string of the molecule is C=C(C)CN(C)S(=O)(=O)c1ccc(Cl)c(CN)c1. The molecule has 0 radical (unpaired) electrons. The van der Waals surface area contributed by atoms with Gasteiger partial charge in [-0.25, -0.2) is 8.42 Å². The van der Waals surface area contributed by atoms with Crippen molar-refractivity contribution < 1.29 is 8.42 Å². The molecule has 0 aliphatic carbocycles. The van der Waals surface area contributed by atoms with Gasteiger partial charge in [0.05, 0.1) is 4.90 Å². The van der Waals surface area contributed by atoms with Gasteiger partial charge in [-0.3, -0.25) is 0 Å². The molecule has 18 heavy (non-hydrogen) atoms. The van der Waals surface area contributed by atoms with Crippen LogP contribution in [0.2, 0.25) is 5.02 Å². The van der Waals surface area contributed by atoms with Gasteiger partial charge in [-0.1, -0.05) is 23.8 Å². The fourth-order valence-electron chi connectivity index (χ4n) is 1.51. The molecule has 0 heterocycles. The highest BCUT2D eigenvalue weighted by atomic mass is 35.5. The predicted octanol–water partition coefficient (Wildman–Crippen LogP) is 2.00. The second-order valence-corrected chi connectivity index (χ2v) is 6.63. The Bertz CT molecular complexity index is 555. The monoisotopic (exact) mass is 288 g/mol. The van der Waals surface area contributed by atoms with Crippen molar-refractivity contribution in [2.75, 3.05) is 13.6 Å². The van der Waals surface area contributed by atoms with Gasteiger partial charge >= 0.3 is 0 Å². The average Bonchev–Trinajstić information content (AvgIpc) is 2.28. The molecule has 0 atom stereocenters. The van der Waals surface area contributed by atoms with Crippen LogP contribution in [0.15, 0.2) is 35.2 Å². The smallest absolute Gasteiger partial charge is 0.243 e. The second kappa shape index (κ2) is 5.84. The Labute approximate surface area is 113 Å². The number of sulfonamides is 1. The third-order valence-corrected chi connectivity index (χ3v) is 4.61. The summed E-state index contributed by atoms with van der Waals surface area (Å²) in [4.78, 5) is 0.191. The van der Waals surface area contributed by atoms with Gasteiger partial charge in [0, 0.05) is 25.2 Å². The highest BCUT2D eigenvalue weighted by molar-refractivity contribution is 7.89. The summed E-state index contributed by atoms with van der Waals surface area (Å²) in [7, 11) is -2.01. The van der Waals surface area contributed by atoms with E-state index >= 15 is 0 Å². The van der Waals surface area contributed by atoms with Crippen LogP contribution in [-0.4, -0.2) is 26.3 Å². The molecule has 6 heteroatoms. The lowest BCUT2D eigenvalue weighted by Crippen LogP contribution is -2.28. The van der Waals surface area contributed by atoms with E-state index in [2.05, 4.69) is 6.58 Å². The van der Waals surface area contributed by atoms with Crippen LogP contribution in [0.3, 0.4) is 0 Å². The molecule has 0 aliphatic rings. The first-order chi connectivity index (χ1) is 8.28. The van der Waals surface area contributed by atoms with Gasteiger partial charge in [0.25, 0.3) is 0 Å². The Morgan fingerprint density at radius 3 is 2.61 bits per heavy atom. The minimum Gasteiger partial charge on any atom is -0.326 e. The number of rotatable bonds is 5. The number of nitrogens with two attached hydrogens (primary N) is 1. The highest BCUT2D eigenvalue weighted by Crippen LogP contribution is 2.22. The molecule has 0 amide bonds. The number of hydrogen-bond acceptors (Lipinski definition) is 3. The first kappa shape index (κ1) is 15.2. The van der Waals surface area contributed by atoms with Crippen LogP contribution in [0.4, 0.5) is 0 Å². The van der Waals surface area contributed by atoms with E-state index in [0.29, 0.717) is 10.6 Å². The van der Waals surface area contributed by atoms with Gasteiger partial charge in [-0.15, -0.1) is 0 Å². The molecule has 1 aromatic carbocycles. The van der Waals surface area contributed by atoms with Crippen LogP contribution in [0.1, 0.15) is 12.5 Å². The molecule has 0 aliphatic heterocycles. The molecule has 0 bridgehead atoms. The lowest BCUT2D eigenvalue weighted by molar-refractivity contribution is 0.493.